The van der Waals surface area contributed by atoms with Crippen molar-refractivity contribution in [3.8, 4) is 0 Å². The van der Waals surface area contributed by atoms with Crippen LogP contribution in [0.25, 0.3) is 0 Å². The van der Waals surface area contributed by atoms with Crippen LogP contribution >= 0.6 is 0 Å². The molecule has 7 rings (SSSR count). The minimum absolute atomic E-state index is 0.00797. The molecule has 7 fully saturated rings. The molecule has 7 aliphatic rings. The van der Waals surface area contributed by atoms with Gasteiger partial charge in [0.15, 0.2) is 0 Å². The number of nitrogens with one attached hydrogen (secondary N) is 1. The zero-order chi connectivity index (χ0) is 36.2. The fourth-order valence-electron chi connectivity index (χ4n) is 14.8. The van der Waals surface area contributed by atoms with Gasteiger partial charge in [0.05, 0.1) is 18.6 Å². The van der Waals surface area contributed by atoms with E-state index in [-0.39, 0.29) is 68.3 Å². The van der Waals surface area contributed by atoms with Crippen LogP contribution < -0.4 is 5.32 Å². The summed E-state index contributed by atoms with van der Waals surface area (Å²) in [6.45, 7) is 27.9. The van der Waals surface area contributed by atoms with E-state index in [0.717, 1.165) is 44.9 Å². The highest BCUT2D eigenvalue weighted by molar-refractivity contribution is 5.86. The lowest BCUT2D eigenvalue weighted by Gasteiger charge is -2.73. The van der Waals surface area contributed by atoms with E-state index in [0.29, 0.717) is 55.9 Å². The van der Waals surface area contributed by atoms with E-state index in [4.69, 9.17) is 9.47 Å². The average Bonchev–Trinajstić information content (AvgIpc) is 3.46. The van der Waals surface area contributed by atoms with E-state index in [1.54, 1.807) is 6.92 Å². The molecule has 7 nitrogen and oxygen atoms in total. The number of morpholine rings is 1. The predicted molar refractivity (Wildman–Crippen MR) is 196 cm³/mol. The maximum atomic E-state index is 14.9. The highest BCUT2D eigenvalue weighted by Gasteiger charge is 2.72. The molecule has 1 aliphatic heterocycles. The van der Waals surface area contributed by atoms with Gasteiger partial charge in [-0.15, -0.1) is 0 Å². The summed E-state index contributed by atoms with van der Waals surface area (Å²) in [5.41, 5.74) is 1.13. The number of amides is 2. The van der Waals surface area contributed by atoms with Crippen molar-refractivity contribution in [1.29, 1.82) is 0 Å². The Labute approximate surface area is 302 Å². The summed E-state index contributed by atoms with van der Waals surface area (Å²) in [7, 11) is 0. The van der Waals surface area contributed by atoms with Gasteiger partial charge in [-0.05, 0) is 129 Å². The van der Waals surface area contributed by atoms with E-state index in [9.17, 15) is 14.4 Å². The van der Waals surface area contributed by atoms with E-state index in [1.165, 1.54) is 31.3 Å². The number of ether oxygens (including phenoxy) is 2. The van der Waals surface area contributed by atoms with Crippen LogP contribution in [0.1, 0.15) is 133 Å². The molecule has 0 aromatic carbocycles. The van der Waals surface area contributed by atoms with Gasteiger partial charge in [0.25, 0.3) is 0 Å². The lowest BCUT2D eigenvalue weighted by molar-refractivity contribution is -0.249. The number of fused-ring (bicyclic) bond motifs is 7. The molecule has 1 saturated heterocycles. The monoisotopic (exact) mass is 693 g/mol. The van der Waals surface area contributed by atoms with Crippen LogP contribution in [0.2, 0.25) is 0 Å². The molecule has 2 amide bonds. The van der Waals surface area contributed by atoms with E-state index in [1.807, 2.05) is 4.90 Å². The first kappa shape index (κ1) is 36.5. The maximum Gasteiger partial charge on any atom is 0.302 e. The molecule has 50 heavy (non-hydrogen) atoms. The first-order valence-electron chi connectivity index (χ1n) is 20.3. The Bertz CT molecular complexity index is 1420. The maximum absolute atomic E-state index is 14.9. The van der Waals surface area contributed by atoms with Crippen molar-refractivity contribution in [3.05, 3.63) is 12.2 Å². The number of nitrogens with zero attached hydrogens (tertiary/aromatic N) is 1. The summed E-state index contributed by atoms with van der Waals surface area (Å²) in [5.74, 6) is 2.61. The Balaban J connectivity index is 1.14. The third kappa shape index (κ3) is 4.99. The fourth-order valence-corrected chi connectivity index (χ4v) is 14.8. The predicted octanol–water partition coefficient (Wildman–Crippen LogP) is 7.97. The van der Waals surface area contributed by atoms with Crippen LogP contribution in [0, 0.1) is 68.0 Å². The number of hydrogen-bond acceptors (Lipinski definition) is 5. The zero-order valence-electron chi connectivity index (χ0n) is 32.9. The van der Waals surface area contributed by atoms with Gasteiger partial charge in [0, 0.05) is 37.4 Å². The number of esters is 1. The molecule has 7 heteroatoms. The zero-order valence-corrected chi connectivity index (χ0v) is 32.9. The van der Waals surface area contributed by atoms with Gasteiger partial charge in [0.2, 0.25) is 11.8 Å². The van der Waals surface area contributed by atoms with Gasteiger partial charge < -0.3 is 19.7 Å². The van der Waals surface area contributed by atoms with Crippen LogP contribution in [0.3, 0.4) is 0 Å². The minimum atomic E-state index is -0.364. The highest BCUT2D eigenvalue weighted by atomic mass is 16.5. The number of carbonyl (C=O) groups is 3. The van der Waals surface area contributed by atoms with Crippen molar-refractivity contribution < 1.29 is 23.9 Å². The Kier molecular flexibility index (Phi) is 8.80. The van der Waals surface area contributed by atoms with Gasteiger partial charge in [-0.1, -0.05) is 60.6 Å². The Morgan fingerprint density at radius 2 is 1.48 bits per heavy atom. The van der Waals surface area contributed by atoms with Crippen molar-refractivity contribution in [3.63, 3.8) is 0 Å². The first-order valence-corrected chi connectivity index (χ1v) is 20.3. The standard InChI is InChI=1S/C43H68N2O5/c1-26(2)28-13-18-43(37(48)44-33-25-30(38(33,4)5)36(47)45-21-23-49-24-22-45)20-19-41(9)29(35(28)43)11-12-32-40(8)16-15-34(50-27(3)46)39(6,7)31(40)14-17-42(32,41)10/h28-35H,1,11-25H2,2-10H3,(H,44,48)/t28-,29+,30-,31-,32+,33-,34-,35+,40-,41+,42+,43-/m0/s1. The van der Waals surface area contributed by atoms with Crippen molar-refractivity contribution >= 4 is 17.8 Å². The van der Waals surface area contributed by atoms with E-state index < -0.39 is 0 Å². The van der Waals surface area contributed by atoms with Crippen LogP contribution in [-0.2, 0) is 23.9 Å². The van der Waals surface area contributed by atoms with Gasteiger partial charge in [-0.25, -0.2) is 0 Å². The molecule has 6 saturated carbocycles. The van der Waals surface area contributed by atoms with Crippen molar-refractivity contribution in [1.82, 2.24) is 10.2 Å². The number of rotatable bonds is 5. The summed E-state index contributed by atoms with van der Waals surface area (Å²) in [6, 6.07) is 0.0196. The summed E-state index contributed by atoms with van der Waals surface area (Å²) < 4.78 is 11.5. The Hall–Kier alpha value is -1.89. The molecule has 0 aromatic rings. The second-order valence-corrected chi connectivity index (χ2v) is 20.4. The van der Waals surface area contributed by atoms with Crippen molar-refractivity contribution in [2.75, 3.05) is 26.3 Å². The molecule has 0 aromatic heterocycles. The third-order valence-corrected chi connectivity index (χ3v) is 18.0. The molecule has 6 aliphatic carbocycles. The second kappa shape index (κ2) is 12.1. The van der Waals surface area contributed by atoms with Crippen molar-refractivity contribution in [2.45, 2.75) is 145 Å². The normalized spacial score (nSPS) is 47.3. The molecule has 0 radical (unpaired) electrons. The fraction of sp³-hybridized carbons (Fsp3) is 0.884. The van der Waals surface area contributed by atoms with Gasteiger partial charge in [-0.2, -0.15) is 0 Å². The highest BCUT2D eigenvalue weighted by Crippen LogP contribution is 2.77. The largest absolute Gasteiger partial charge is 0.462 e. The molecule has 12 atom stereocenters. The number of allylic oxidation sites excluding steroid dienone is 1. The molecule has 0 spiro atoms. The van der Waals surface area contributed by atoms with Gasteiger partial charge in [0.1, 0.15) is 6.10 Å². The lowest BCUT2D eigenvalue weighted by atomic mass is 9.32. The van der Waals surface area contributed by atoms with Crippen LogP contribution in [0.4, 0.5) is 0 Å². The summed E-state index contributed by atoms with van der Waals surface area (Å²) in [4.78, 5) is 42.5. The molecule has 0 unspecified atom stereocenters. The molecule has 280 valence electrons. The smallest absolute Gasteiger partial charge is 0.302 e. The number of carbonyl (C=O) groups excluding carboxylic acids is 3. The Morgan fingerprint density at radius 3 is 2.12 bits per heavy atom. The number of hydrogen-bond donors (Lipinski definition) is 1. The summed E-state index contributed by atoms with van der Waals surface area (Å²) in [5, 5.41) is 3.63. The lowest BCUT2D eigenvalue weighted by Crippen LogP contribution is -2.68. The van der Waals surface area contributed by atoms with Crippen LogP contribution in [0.15, 0.2) is 12.2 Å². The van der Waals surface area contributed by atoms with Crippen LogP contribution in [0.5, 0.6) is 0 Å². The minimum Gasteiger partial charge on any atom is -0.462 e. The molecule has 1 N–H and O–H groups in total. The third-order valence-electron chi connectivity index (χ3n) is 18.0. The van der Waals surface area contributed by atoms with Gasteiger partial charge >= 0.3 is 5.97 Å². The first-order chi connectivity index (χ1) is 23.3. The Morgan fingerprint density at radius 1 is 0.780 bits per heavy atom. The topological polar surface area (TPSA) is 84.9 Å². The van der Waals surface area contributed by atoms with E-state index >= 15 is 0 Å². The molecule has 1 heterocycles. The quantitative estimate of drug-likeness (QED) is 0.234. The second-order valence-electron chi connectivity index (χ2n) is 20.4. The SMILES string of the molecule is C=C(C)[C@@H]1CC[C@]2(C(=O)N[C@H]3C[C@@H](C(=O)N4CCOCC4)C3(C)C)CC[C@]3(C)[C@H](CC[C@@H]4[C@@]5(C)CC[C@H](OC(C)=O)C(C)(C)[C@@H]5CC[C@]43C)[C@@H]12. The molecule has 0 bridgehead atoms. The van der Waals surface area contributed by atoms with E-state index in [2.05, 4.69) is 67.3 Å². The van der Waals surface area contributed by atoms with Crippen molar-refractivity contribution in [2.24, 2.45) is 68.0 Å². The van der Waals surface area contributed by atoms with Crippen LogP contribution in [-0.4, -0.2) is 61.1 Å². The molecular weight excluding hydrogens is 624 g/mol. The molecular formula is C43H68N2O5. The van der Waals surface area contributed by atoms with Gasteiger partial charge in [-0.3, -0.25) is 14.4 Å². The summed E-state index contributed by atoms with van der Waals surface area (Å²) >= 11 is 0. The average molecular weight is 693 g/mol. The summed E-state index contributed by atoms with van der Waals surface area (Å²) in [6.07, 6.45) is 11.6.